The number of ketones is 1. The smallest absolute Gasteiger partial charge is 0.251 e. The molecule has 0 saturated carbocycles. The van der Waals surface area contributed by atoms with Gasteiger partial charge in [0.15, 0.2) is 5.78 Å². The van der Waals surface area contributed by atoms with Gasteiger partial charge in [-0.15, -0.1) is 0 Å². The number of nitrogens with one attached hydrogen (secondary N) is 1. The van der Waals surface area contributed by atoms with Crippen molar-refractivity contribution in [3.05, 3.63) is 93.7 Å². The number of benzene rings is 2. The first kappa shape index (κ1) is 22.4. The van der Waals surface area contributed by atoms with Crippen molar-refractivity contribution in [3.63, 3.8) is 0 Å². The van der Waals surface area contributed by atoms with Crippen LogP contribution in [-0.2, 0) is 24.3 Å². The third-order valence-electron chi connectivity index (χ3n) is 5.80. The Morgan fingerprint density at radius 1 is 0.844 bits per heavy atom. The van der Waals surface area contributed by atoms with Gasteiger partial charge in [-0.1, -0.05) is 48.5 Å². The lowest BCUT2D eigenvalue weighted by Crippen LogP contribution is -2.47. The molecule has 2 heterocycles. The van der Waals surface area contributed by atoms with Crippen molar-refractivity contribution in [2.45, 2.75) is 19.5 Å². The molecule has 1 fully saturated rings. The molecule has 5 nitrogen and oxygen atoms in total. The van der Waals surface area contributed by atoms with Crippen molar-refractivity contribution in [2.24, 2.45) is 0 Å². The highest BCUT2D eigenvalue weighted by molar-refractivity contribution is 7.07. The largest absolute Gasteiger partial charge is 0.348 e. The molecule has 0 radical (unpaired) electrons. The van der Waals surface area contributed by atoms with Gasteiger partial charge in [0.05, 0.1) is 6.54 Å². The summed E-state index contributed by atoms with van der Waals surface area (Å²) in [5.41, 5.74) is 3.78. The van der Waals surface area contributed by atoms with Crippen molar-refractivity contribution >= 4 is 23.0 Å². The standard InChI is InChI=1S/C26H29N3O2S/c30-24(19-29-13-11-28(12-14-29)18-22-10-15-32-20-22)16-23-8-4-5-9-25(23)26(31)27-17-21-6-2-1-3-7-21/h1-10,15,20H,11-14,16-19H2,(H,27,31). The number of piperazine rings is 1. The SMILES string of the molecule is O=C(Cc1ccccc1C(=O)NCc1ccccc1)CN1CCN(Cc2ccsc2)CC1. The first-order valence-corrected chi connectivity index (χ1v) is 12.0. The van der Waals surface area contributed by atoms with Crippen LogP contribution in [0.25, 0.3) is 0 Å². The molecule has 0 aliphatic carbocycles. The zero-order chi connectivity index (χ0) is 22.2. The fraction of sp³-hybridized carbons (Fsp3) is 0.308. The number of hydrogen-bond donors (Lipinski definition) is 1. The van der Waals surface area contributed by atoms with Gasteiger partial charge in [0, 0.05) is 51.3 Å². The fourth-order valence-corrected chi connectivity index (χ4v) is 4.69. The van der Waals surface area contributed by atoms with E-state index in [1.807, 2.05) is 48.5 Å². The maximum atomic E-state index is 12.8. The highest BCUT2D eigenvalue weighted by Crippen LogP contribution is 2.14. The Labute approximate surface area is 193 Å². The number of nitrogens with zero attached hydrogens (tertiary/aromatic N) is 2. The Morgan fingerprint density at radius 2 is 1.56 bits per heavy atom. The molecule has 1 amide bonds. The van der Waals surface area contributed by atoms with Crippen LogP contribution in [0.4, 0.5) is 0 Å². The lowest BCUT2D eigenvalue weighted by atomic mass is 10.0. The van der Waals surface area contributed by atoms with E-state index in [4.69, 9.17) is 0 Å². The molecule has 0 unspecified atom stereocenters. The quantitative estimate of drug-likeness (QED) is 0.545. The van der Waals surface area contributed by atoms with Crippen molar-refractivity contribution < 1.29 is 9.59 Å². The van der Waals surface area contributed by atoms with Crippen LogP contribution < -0.4 is 5.32 Å². The van der Waals surface area contributed by atoms with Crippen LogP contribution in [0, 0.1) is 0 Å². The lowest BCUT2D eigenvalue weighted by molar-refractivity contribution is -0.120. The second kappa shape index (κ2) is 11.2. The lowest BCUT2D eigenvalue weighted by Gasteiger charge is -2.34. The van der Waals surface area contributed by atoms with Gasteiger partial charge in [-0.3, -0.25) is 19.4 Å². The number of Topliss-reactive ketones (excluding diaryl/α,β-unsaturated/α-hetero) is 1. The Hall–Kier alpha value is -2.80. The van der Waals surface area contributed by atoms with Gasteiger partial charge < -0.3 is 5.32 Å². The number of rotatable bonds is 9. The average Bonchev–Trinajstić information content (AvgIpc) is 3.33. The van der Waals surface area contributed by atoms with E-state index in [1.165, 1.54) is 5.56 Å². The van der Waals surface area contributed by atoms with Gasteiger partial charge in [0.2, 0.25) is 0 Å². The van der Waals surface area contributed by atoms with Gasteiger partial charge >= 0.3 is 0 Å². The molecule has 1 aromatic heterocycles. The van der Waals surface area contributed by atoms with E-state index in [0.29, 0.717) is 18.7 Å². The summed E-state index contributed by atoms with van der Waals surface area (Å²) in [6, 6.07) is 19.4. The van der Waals surface area contributed by atoms with Crippen molar-refractivity contribution in [3.8, 4) is 0 Å². The monoisotopic (exact) mass is 447 g/mol. The minimum Gasteiger partial charge on any atom is -0.348 e. The van der Waals surface area contributed by atoms with Crippen molar-refractivity contribution in [1.82, 2.24) is 15.1 Å². The summed E-state index contributed by atoms with van der Waals surface area (Å²) in [7, 11) is 0. The molecule has 0 atom stereocenters. The van der Waals surface area contributed by atoms with E-state index >= 15 is 0 Å². The number of amides is 1. The molecular formula is C26H29N3O2S. The van der Waals surface area contributed by atoms with Crippen LogP contribution in [-0.4, -0.2) is 54.2 Å². The van der Waals surface area contributed by atoms with Gasteiger partial charge in [-0.25, -0.2) is 0 Å². The van der Waals surface area contributed by atoms with Gasteiger partial charge in [-0.05, 0) is 39.6 Å². The third kappa shape index (κ3) is 6.36. The Bertz CT molecular complexity index is 1010. The topological polar surface area (TPSA) is 52.7 Å². The first-order valence-electron chi connectivity index (χ1n) is 11.0. The van der Waals surface area contributed by atoms with Gasteiger partial charge in [0.1, 0.15) is 0 Å². The normalized spacial score (nSPS) is 14.9. The summed E-state index contributed by atoms with van der Waals surface area (Å²) in [5, 5.41) is 7.28. The van der Waals surface area contributed by atoms with Crippen LogP contribution >= 0.6 is 11.3 Å². The number of carbonyl (C=O) groups excluding carboxylic acids is 2. The number of hydrogen-bond acceptors (Lipinski definition) is 5. The van der Waals surface area contributed by atoms with E-state index in [9.17, 15) is 9.59 Å². The van der Waals surface area contributed by atoms with E-state index < -0.39 is 0 Å². The third-order valence-corrected chi connectivity index (χ3v) is 6.53. The summed E-state index contributed by atoms with van der Waals surface area (Å²) in [6.07, 6.45) is 0.282. The molecule has 1 aliphatic heterocycles. The van der Waals surface area contributed by atoms with Crippen LogP contribution in [0.1, 0.15) is 27.0 Å². The predicted octanol–water partition coefficient (Wildman–Crippen LogP) is 3.61. The molecule has 32 heavy (non-hydrogen) atoms. The molecule has 166 valence electrons. The van der Waals surface area contributed by atoms with Crippen LogP contribution in [0.3, 0.4) is 0 Å². The molecule has 3 aromatic rings. The zero-order valence-electron chi connectivity index (χ0n) is 18.2. The molecule has 1 saturated heterocycles. The summed E-state index contributed by atoms with van der Waals surface area (Å²) in [4.78, 5) is 30.2. The summed E-state index contributed by atoms with van der Waals surface area (Å²) >= 11 is 1.73. The molecular weight excluding hydrogens is 418 g/mol. The average molecular weight is 448 g/mol. The maximum absolute atomic E-state index is 12.8. The molecule has 1 N–H and O–H groups in total. The molecule has 1 aliphatic rings. The van der Waals surface area contributed by atoms with Gasteiger partial charge in [-0.2, -0.15) is 11.3 Å². The molecule has 0 spiro atoms. The summed E-state index contributed by atoms with van der Waals surface area (Å²) < 4.78 is 0. The highest BCUT2D eigenvalue weighted by Gasteiger charge is 2.20. The van der Waals surface area contributed by atoms with E-state index in [0.717, 1.165) is 43.9 Å². The maximum Gasteiger partial charge on any atom is 0.251 e. The minimum absolute atomic E-state index is 0.140. The molecule has 4 rings (SSSR count). The molecule has 2 aromatic carbocycles. The second-order valence-corrected chi connectivity index (χ2v) is 9.00. The Kier molecular flexibility index (Phi) is 7.82. The zero-order valence-corrected chi connectivity index (χ0v) is 19.0. The predicted molar refractivity (Wildman–Crippen MR) is 129 cm³/mol. The summed E-state index contributed by atoms with van der Waals surface area (Å²) in [6.45, 7) is 5.63. The number of carbonyl (C=O) groups is 2. The van der Waals surface area contributed by atoms with E-state index in [-0.39, 0.29) is 18.1 Å². The number of thiophene rings is 1. The van der Waals surface area contributed by atoms with E-state index in [2.05, 4.69) is 31.9 Å². The summed E-state index contributed by atoms with van der Waals surface area (Å²) in [5.74, 6) is 0.0129. The van der Waals surface area contributed by atoms with Crippen LogP contribution in [0.5, 0.6) is 0 Å². The van der Waals surface area contributed by atoms with Crippen LogP contribution in [0.2, 0.25) is 0 Å². The first-order chi connectivity index (χ1) is 15.7. The molecule has 0 bridgehead atoms. The van der Waals surface area contributed by atoms with Crippen molar-refractivity contribution in [1.29, 1.82) is 0 Å². The van der Waals surface area contributed by atoms with Crippen molar-refractivity contribution in [2.75, 3.05) is 32.7 Å². The highest BCUT2D eigenvalue weighted by atomic mass is 32.1. The van der Waals surface area contributed by atoms with Crippen LogP contribution in [0.15, 0.2) is 71.4 Å². The Balaban J connectivity index is 1.27. The van der Waals surface area contributed by atoms with Gasteiger partial charge in [0.25, 0.3) is 5.91 Å². The minimum atomic E-state index is -0.140. The Morgan fingerprint density at radius 3 is 2.31 bits per heavy atom. The molecule has 6 heteroatoms. The fourth-order valence-electron chi connectivity index (χ4n) is 4.03. The van der Waals surface area contributed by atoms with E-state index in [1.54, 1.807) is 17.4 Å². The second-order valence-electron chi connectivity index (χ2n) is 8.22.